The maximum atomic E-state index is 10.0. The van der Waals surface area contributed by atoms with Crippen molar-refractivity contribution in [3.8, 4) is 0 Å². The Morgan fingerprint density at radius 3 is 3.00 bits per heavy atom. The molecule has 0 aliphatic carbocycles. The minimum absolute atomic E-state index is 0.692. The minimum Gasteiger partial charge on any atom is -0.211 e. The zero-order valence-corrected chi connectivity index (χ0v) is 8.85. The van der Waals surface area contributed by atoms with Crippen LogP contribution in [0, 0.1) is 0 Å². The Kier molecular flexibility index (Phi) is 2.27. The lowest BCUT2D eigenvalue weighted by Gasteiger charge is -1.89. The van der Waals surface area contributed by atoms with Crippen molar-refractivity contribution < 1.29 is 4.79 Å². The minimum atomic E-state index is 0.692. The van der Waals surface area contributed by atoms with Gasteiger partial charge in [0, 0.05) is 14.6 Å². The zero-order valence-electron chi connectivity index (χ0n) is 6.45. The van der Waals surface area contributed by atoms with E-state index >= 15 is 0 Å². The van der Waals surface area contributed by atoms with Crippen LogP contribution in [0.2, 0.25) is 0 Å². The van der Waals surface area contributed by atoms with Crippen molar-refractivity contribution in [2.75, 3.05) is 0 Å². The molecule has 0 atom stereocenters. The van der Waals surface area contributed by atoms with E-state index in [4.69, 9.17) is 0 Å². The van der Waals surface area contributed by atoms with Crippen molar-refractivity contribution in [3.05, 3.63) is 28.7 Å². The van der Waals surface area contributed by atoms with Gasteiger partial charge in [0.1, 0.15) is 5.00 Å². The number of fused-ring (bicyclic) bond motifs is 1. The molecule has 1 aromatic carbocycles. The van der Waals surface area contributed by atoms with Crippen LogP contribution in [0.1, 0.15) is 0 Å². The number of hydrogen-bond acceptors (Lipinski definition) is 3. The van der Waals surface area contributed by atoms with Gasteiger partial charge in [0.25, 0.3) is 0 Å². The van der Waals surface area contributed by atoms with Crippen LogP contribution in [0.4, 0.5) is 5.00 Å². The van der Waals surface area contributed by atoms with E-state index in [9.17, 15) is 4.79 Å². The van der Waals surface area contributed by atoms with Crippen LogP contribution in [0.15, 0.2) is 33.7 Å². The van der Waals surface area contributed by atoms with Gasteiger partial charge < -0.3 is 0 Å². The van der Waals surface area contributed by atoms with Crippen LogP contribution in [0.3, 0.4) is 0 Å². The van der Waals surface area contributed by atoms with Gasteiger partial charge in [-0.15, -0.1) is 11.3 Å². The molecular weight excluding hydrogens is 250 g/mol. The highest BCUT2D eigenvalue weighted by atomic mass is 79.9. The van der Waals surface area contributed by atoms with Crippen LogP contribution >= 0.6 is 27.3 Å². The lowest BCUT2D eigenvalue weighted by atomic mass is 10.3. The second-order valence-electron chi connectivity index (χ2n) is 2.44. The fourth-order valence-corrected chi connectivity index (χ4v) is 2.63. The van der Waals surface area contributed by atoms with Gasteiger partial charge in [0.05, 0.1) is 0 Å². The number of thiophene rings is 1. The summed E-state index contributed by atoms with van der Waals surface area (Å²) in [5.74, 6) is 0. The lowest BCUT2D eigenvalue weighted by Crippen LogP contribution is -1.63. The number of hydrogen-bond donors (Lipinski definition) is 0. The molecule has 0 radical (unpaired) electrons. The van der Waals surface area contributed by atoms with E-state index in [-0.39, 0.29) is 0 Å². The zero-order chi connectivity index (χ0) is 9.26. The second-order valence-corrected chi connectivity index (χ2v) is 4.36. The van der Waals surface area contributed by atoms with Gasteiger partial charge in [-0.05, 0) is 18.2 Å². The fourth-order valence-electron chi connectivity index (χ4n) is 1.11. The summed E-state index contributed by atoms with van der Waals surface area (Å²) in [5, 5.41) is 1.78. The van der Waals surface area contributed by atoms with Gasteiger partial charge in [0.2, 0.25) is 6.08 Å². The highest BCUT2D eigenvalue weighted by Crippen LogP contribution is 2.35. The Morgan fingerprint density at radius 2 is 2.31 bits per heavy atom. The van der Waals surface area contributed by atoms with E-state index in [1.807, 2.05) is 24.3 Å². The van der Waals surface area contributed by atoms with Gasteiger partial charge >= 0.3 is 0 Å². The molecule has 64 valence electrons. The molecule has 0 aliphatic rings. The summed E-state index contributed by atoms with van der Waals surface area (Å²) < 4.78 is 2.14. The number of benzene rings is 1. The summed E-state index contributed by atoms with van der Waals surface area (Å²) in [6, 6.07) is 7.78. The Balaban J connectivity index is 2.75. The monoisotopic (exact) mass is 253 g/mol. The molecule has 0 aliphatic heterocycles. The third-order valence-electron chi connectivity index (χ3n) is 1.65. The van der Waals surface area contributed by atoms with Gasteiger partial charge in [-0.25, -0.2) is 4.79 Å². The van der Waals surface area contributed by atoms with Crippen molar-refractivity contribution in [3.63, 3.8) is 0 Å². The first-order valence-electron chi connectivity index (χ1n) is 3.57. The van der Waals surface area contributed by atoms with Crippen molar-refractivity contribution in [1.82, 2.24) is 0 Å². The molecule has 0 N–H and O–H groups in total. The third-order valence-corrected chi connectivity index (χ3v) is 3.34. The van der Waals surface area contributed by atoms with E-state index in [0.717, 1.165) is 14.6 Å². The summed E-state index contributed by atoms with van der Waals surface area (Å²) in [6.45, 7) is 0. The molecule has 4 heteroatoms. The van der Waals surface area contributed by atoms with Gasteiger partial charge in [-0.1, -0.05) is 22.0 Å². The summed E-state index contributed by atoms with van der Waals surface area (Å²) in [4.78, 5) is 13.6. The maximum absolute atomic E-state index is 10.0. The molecule has 2 nitrogen and oxygen atoms in total. The summed E-state index contributed by atoms with van der Waals surface area (Å²) in [6.07, 6.45) is 1.53. The molecule has 0 saturated heterocycles. The molecule has 0 fully saturated rings. The second kappa shape index (κ2) is 3.42. The summed E-state index contributed by atoms with van der Waals surface area (Å²) in [7, 11) is 0. The van der Waals surface area contributed by atoms with Crippen LogP contribution in [-0.4, -0.2) is 6.08 Å². The molecule has 2 rings (SSSR count). The van der Waals surface area contributed by atoms with E-state index in [1.165, 1.54) is 17.4 Å². The van der Waals surface area contributed by atoms with Gasteiger partial charge in [0.15, 0.2) is 0 Å². The fraction of sp³-hybridized carbons (Fsp3) is 0. The van der Waals surface area contributed by atoms with Crippen LogP contribution in [0.25, 0.3) is 10.1 Å². The quantitative estimate of drug-likeness (QED) is 0.564. The lowest BCUT2D eigenvalue weighted by molar-refractivity contribution is 0.565. The SMILES string of the molecule is O=C=Nc1cc2c(Br)cccc2s1. The normalized spacial score (nSPS) is 9.92. The van der Waals surface area contributed by atoms with Gasteiger partial charge in [-0.3, -0.25) is 0 Å². The Morgan fingerprint density at radius 1 is 1.46 bits per heavy atom. The first-order valence-corrected chi connectivity index (χ1v) is 5.18. The number of aliphatic imine (C=N–C) groups is 1. The average molecular weight is 254 g/mol. The maximum Gasteiger partial charge on any atom is 0.241 e. The number of halogens is 1. The van der Waals surface area contributed by atoms with Crippen molar-refractivity contribution in [2.24, 2.45) is 4.99 Å². The topological polar surface area (TPSA) is 29.4 Å². The molecule has 13 heavy (non-hydrogen) atoms. The first kappa shape index (κ1) is 8.63. The average Bonchev–Trinajstić information content (AvgIpc) is 2.49. The van der Waals surface area contributed by atoms with Crippen LogP contribution < -0.4 is 0 Å². The van der Waals surface area contributed by atoms with E-state index in [1.54, 1.807) is 0 Å². The molecule has 2 aromatic rings. The van der Waals surface area contributed by atoms with Crippen molar-refractivity contribution >= 4 is 48.4 Å². The van der Waals surface area contributed by atoms with Crippen LogP contribution in [-0.2, 0) is 4.79 Å². The number of carbonyl (C=O) groups excluding carboxylic acids is 1. The highest BCUT2D eigenvalue weighted by molar-refractivity contribution is 9.10. The summed E-state index contributed by atoms with van der Waals surface area (Å²) >= 11 is 4.90. The largest absolute Gasteiger partial charge is 0.241 e. The molecule has 1 heterocycles. The number of isocyanates is 1. The first-order chi connectivity index (χ1) is 6.31. The molecular formula is C9H4BrNOS. The molecule has 0 saturated carbocycles. The van der Waals surface area contributed by atoms with Gasteiger partial charge in [-0.2, -0.15) is 4.99 Å². The predicted molar refractivity (Wildman–Crippen MR) is 57.3 cm³/mol. The van der Waals surface area contributed by atoms with E-state index in [0.29, 0.717) is 5.00 Å². The molecule has 0 bridgehead atoms. The van der Waals surface area contributed by atoms with E-state index in [2.05, 4.69) is 20.9 Å². The standard InChI is InChI=1S/C9H4BrNOS/c10-7-2-1-3-8-6(7)4-9(13-8)11-5-12/h1-4H. The smallest absolute Gasteiger partial charge is 0.211 e. The molecule has 0 amide bonds. The van der Waals surface area contributed by atoms with Crippen LogP contribution in [0.5, 0.6) is 0 Å². The molecule has 0 unspecified atom stereocenters. The molecule has 0 spiro atoms. The number of rotatable bonds is 1. The Bertz CT molecular complexity index is 499. The predicted octanol–water partition coefficient (Wildman–Crippen LogP) is 3.63. The molecule has 1 aromatic heterocycles. The third kappa shape index (κ3) is 1.56. The van der Waals surface area contributed by atoms with E-state index < -0.39 is 0 Å². The number of nitrogens with zero attached hydrogens (tertiary/aromatic N) is 1. The van der Waals surface area contributed by atoms with Crippen molar-refractivity contribution in [2.45, 2.75) is 0 Å². The Labute approximate surface area is 87.0 Å². The van der Waals surface area contributed by atoms with Crippen molar-refractivity contribution in [1.29, 1.82) is 0 Å². The Hall–Kier alpha value is -0.960. The highest BCUT2D eigenvalue weighted by Gasteiger charge is 2.02. The summed E-state index contributed by atoms with van der Waals surface area (Å²) in [5.41, 5.74) is 0.